The Morgan fingerprint density at radius 1 is 1.32 bits per heavy atom. The molecule has 0 atom stereocenters. The molecule has 6 heteroatoms. The summed E-state index contributed by atoms with van der Waals surface area (Å²) in [6.45, 7) is 3.33. The third-order valence-corrected chi connectivity index (χ3v) is 2.59. The molecule has 0 bridgehead atoms. The van der Waals surface area contributed by atoms with Crippen molar-refractivity contribution < 1.29 is 18.7 Å². The molecule has 0 saturated heterocycles. The number of aliphatic hydroxyl groups is 1. The number of rotatable bonds is 7. The fourth-order valence-corrected chi connectivity index (χ4v) is 1.67. The van der Waals surface area contributed by atoms with Crippen LogP contribution < -0.4 is 5.32 Å². The van der Waals surface area contributed by atoms with Gasteiger partial charge < -0.3 is 10.4 Å². The van der Waals surface area contributed by atoms with Crippen LogP contribution in [0.2, 0.25) is 0 Å². The molecule has 0 heterocycles. The number of amides is 1. The van der Waals surface area contributed by atoms with E-state index in [4.69, 9.17) is 5.11 Å². The van der Waals surface area contributed by atoms with Gasteiger partial charge in [-0.2, -0.15) is 0 Å². The van der Waals surface area contributed by atoms with Crippen LogP contribution in [0.5, 0.6) is 0 Å². The zero-order valence-electron chi connectivity index (χ0n) is 10.8. The molecular formula is C13H18F2N2O2. The summed E-state index contributed by atoms with van der Waals surface area (Å²) >= 11 is 0. The Morgan fingerprint density at radius 3 is 2.47 bits per heavy atom. The quantitative estimate of drug-likeness (QED) is 0.793. The molecule has 2 N–H and O–H groups in total. The molecule has 0 unspecified atom stereocenters. The Kier molecular flexibility index (Phi) is 6.38. The molecule has 4 nitrogen and oxygen atoms in total. The van der Waals surface area contributed by atoms with Gasteiger partial charge in [0.1, 0.15) is 11.6 Å². The minimum absolute atomic E-state index is 0.0627. The highest BCUT2D eigenvalue weighted by molar-refractivity contribution is 5.92. The molecular weight excluding hydrogens is 254 g/mol. The number of nitrogens with one attached hydrogen (secondary N) is 1. The number of nitrogens with zero attached hydrogens (tertiary/aromatic N) is 1. The lowest BCUT2D eigenvalue weighted by Crippen LogP contribution is -2.34. The van der Waals surface area contributed by atoms with E-state index < -0.39 is 11.6 Å². The second-order valence-electron chi connectivity index (χ2n) is 4.15. The molecule has 19 heavy (non-hydrogen) atoms. The maximum Gasteiger partial charge on any atom is 0.238 e. The number of likely N-dealkylation sites (N-methyl/N-ethyl adjacent to an activating group) is 1. The summed E-state index contributed by atoms with van der Waals surface area (Å²) < 4.78 is 25.9. The lowest BCUT2D eigenvalue weighted by molar-refractivity contribution is -0.117. The summed E-state index contributed by atoms with van der Waals surface area (Å²) in [7, 11) is 0. The lowest BCUT2D eigenvalue weighted by atomic mass is 10.3. The van der Waals surface area contributed by atoms with Gasteiger partial charge in [-0.15, -0.1) is 0 Å². The Labute approximate surface area is 111 Å². The molecule has 0 aliphatic rings. The average molecular weight is 272 g/mol. The lowest BCUT2D eigenvalue weighted by Gasteiger charge is -2.19. The van der Waals surface area contributed by atoms with Crippen LogP contribution in [0.3, 0.4) is 0 Å². The summed E-state index contributed by atoms with van der Waals surface area (Å²) in [5.74, 6) is -1.81. The van der Waals surface area contributed by atoms with Crippen LogP contribution in [0.4, 0.5) is 14.5 Å². The molecule has 0 fully saturated rings. The molecule has 106 valence electrons. The zero-order chi connectivity index (χ0) is 14.3. The van der Waals surface area contributed by atoms with Crippen molar-refractivity contribution >= 4 is 11.6 Å². The molecule has 0 aromatic heterocycles. The number of anilines is 1. The molecule has 0 aliphatic carbocycles. The van der Waals surface area contributed by atoms with E-state index in [9.17, 15) is 13.6 Å². The zero-order valence-corrected chi connectivity index (χ0v) is 10.8. The van der Waals surface area contributed by atoms with Crippen molar-refractivity contribution in [1.29, 1.82) is 0 Å². The number of hydrogen-bond acceptors (Lipinski definition) is 3. The fraction of sp³-hybridized carbons (Fsp3) is 0.462. The van der Waals surface area contributed by atoms with Crippen molar-refractivity contribution in [3.05, 3.63) is 29.8 Å². The van der Waals surface area contributed by atoms with Crippen LogP contribution >= 0.6 is 0 Å². The van der Waals surface area contributed by atoms with E-state index in [1.54, 1.807) is 0 Å². The molecule has 0 radical (unpaired) electrons. The van der Waals surface area contributed by atoms with Crippen LogP contribution in [-0.4, -0.2) is 42.2 Å². The fourth-order valence-electron chi connectivity index (χ4n) is 1.67. The van der Waals surface area contributed by atoms with Crippen molar-refractivity contribution in [2.75, 3.05) is 31.6 Å². The SMILES string of the molecule is CCN(CCCO)CC(=O)Nc1cc(F)cc(F)c1. The van der Waals surface area contributed by atoms with Gasteiger partial charge in [-0.1, -0.05) is 6.92 Å². The van der Waals surface area contributed by atoms with E-state index in [0.717, 1.165) is 18.2 Å². The number of hydrogen-bond donors (Lipinski definition) is 2. The van der Waals surface area contributed by atoms with Gasteiger partial charge in [0, 0.05) is 24.9 Å². The van der Waals surface area contributed by atoms with Gasteiger partial charge in [0.25, 0.3) is 0 Å². The van der Waals surface area contributed by atoms with Crippen molar-refractivity contribution in [2.45, 2.75) is 13.3 Å². The maximum absolute atomic E-state index is 12.9. The molecule has 1 aromatic rings. The minimum atomic E-state index is -0.733. The van der Waals surface area contributed by atoms with Crippen molar-refractivity contribution in [3.63, 3.8) is 0 Å². The van der Waals surface area contributed by atoms with Gasteiger partial charge in [0.2, 0.25) is 5.91 Å². The highest BCUT2D eigenvalue weighted by Gasteiger charge is 2.10. The largest absolute Gasteiger partial charge is 0.396 e. The first-order valence-electron chi connectivity index (χ1n) is 6.14. The first-order chi connectivity index (χ1) is 9.05. The summed E-state index contributed by atoms with van der Waals surface area (Å²) in [6.07, 6.45) is 0.579. The number of carbonyl (C=O) groups excluding carboxylic acids is 1. The van der Waals surface area contributed by atoms with Crippen LogP contribution in [-0.2, 0) is 4.79 Å². The van der Waals surface area contributed by atoms with E-state index in [0.29, 0.717) is 19.5 Å². The van der Waals surface area contributed by atoms with Crippen molar-refractivity contribution in [3.8, 4) is 0 Å². The number of benzene rings is 1. The molecule has 0 spiro atoms. The number of carbonyl (C=O) groups is 1. The Hall–Kier alpha value is -1.53. The maximum atomic E-state index is 12.9. The van der Waals surface area contributed by atoms with Gasteiger partial charge in [0.05, 0.1) is 6.54 Å². The van der Waals surface area contributed by atoms with Crippen LogP contribution in [0.1, 0.15) is 13.3 Å². The van der Waals surface area contributed by atoms with E-state index in [-0.39, 0.29) is 24.7 Å². The first-order valence-corrected chi connectivity index (χ1v) is 6.14. The first kappa shape index (κ1) is 15.5. The van der Waals surface area contributed by atoms with E-state index in [1.807, 2.05) is 11.8 Å². The monoisotopic (exact) mass is 272 g/mol. The van der Waals surface area contributed by atoms with Gasteiger partial charge in [-0.3, -0.25) is 9.69 Å². The summed E-state index contributed by atoms with van der Waals surface area (Å²) in [4.78, 5) is 13.5. The number of aliphatic hydroxyl groups excluding tert-OH is 1. The van der Waals surface area contributed by atoms with E-state index in [1.165, 1.54) is 0 Å². The van der Waals surface area contributed by atoms with Gasteiger partial charge in [-0.25, -0.2) is 8.78 Å². The molecule has 0 saturated carbocycles. The predicted molar refractivity (Wildman–Crippen MR) is 68.8 cm³/mol. The number of halogens is 2. The van der Waals surface area contributed by atoms with Gasteiger partial charge in [0.15, 0.2) is 0 Å². The summed E-state index contributed by atoms with van der Waals surface area (Å²) in [5.41, 5.74) is 0.0979. The minimum Gasteiger partial charge on any atom is -0.396 e. The second-order valence-corrected chi connectivity index (χ2v) is 4.15. The Balaban J connectivity index is 2.53. The highest BCUT2D eigenvalue weighted by atomic mass is 19.1. The van der Waals surface area contributed by atoms with Gasteiger partial charge in [-0.05, 0) is 25.1 Å². The van der Waals surface area contributed by atoms with Crippen LogP contribution in [0, 0.1) is 11.6 Å². The van der Waals surface area contributed by atoms with Crippen LogP contribution in [0.25, 0.3) is 0 Å². The molecule has 0 aliphatic heterocycles. The van der Waals surface area contributed by atoms with Gasteiger partial charge >= 0.3 is 0 Å². The van der Waals surface area contributed by atoms with E-state index in [2.05, 4.69) is 5.32 Å². The second kappa shape index (κ2) is 7.81. The van der Waals surface area contributed by atoms with Crippen molar-refractivity contribution in [1.82, 2.24) is 4.90 Å². The topological polar surface area (TPSA) is 52.6 Å². The smallest absolute Gasteiger partial charge is 0.238 e. The third-order valence-electron chi connectivity index (χ3n) is 2.59. The molecule has 1 rings (SSSR count). The Morgan fingerprint density at radius 2 is 1.95 bits per heavy atom. The summed E-state index contributed by atoms with van der Waals surface area (Å²) in [5, 5.41) is 11.2. The predicted octanol–water partition coefficient (Wildman–Crippen LogP) is 1.61. The highest BCUT2D eigenvalue weighted by Crippen LogP contribution is 2.12. The standard InChI is InChI=1S/C13H18F2N2O2/c1-2-17(4-3-5-18)9-13(19)16-12-7-10(14)6-11(15)8-12/h6-8,18H,2-5,9H2,1H3,(H,16,19). The van der Waals surface area contributed by atoms with E-state index >= 15 is 0 Å². The molecule has 1 aromatic carbocycles. The normalized spacial score (nSPS) is 10.8. The van der Waals surface area contributed by atoms with Crippen molar-refractivity contribution in [2.24, 2.45) is 0 Å². The Bertz CT molecular complexity index is 407. The third kappa shape index (κ3) is 5.76. The summed E-state index contributed by atoms with van der Waals surface area (Å²) in [6, 6.07) is 2.87. The molecule has 1 amide bonds. The average Bonchev–Trinajstić information content (AvgIpc) is 2.33. The van der Waals surface area contributed by atoms with Crippen LogP contribution in [0.15, 0.2) is 18.2 Å².